The number of rotatable bonds is 78. The minimum atomic E-state index is -4.99. The Morgan fingerprint density at radius 2 is 0.481 bits per heavy atom. The highest BCUT2D eigenvalue weighted by Crippen LogP contribution is 2.45. The lowest BCUT2D eigenvalue weighted by atomic mass is 10.1. The van der Waals surface area contributed by atoms with Crippen LogP contribution < -0.4 is 0 Å². The van der Waals surface area contributed by atoms with Crippen molar-refractivity contribution < 1.29 is 80.2 Å². The van der Waals surface area contributed by atoms with Crippen molar-refractivity contribution in [1.82, 2.24) is 0 Å². The van der Waals surface area contributed by atoms with Crippen molar-refractivity contribution in [3.8, 4) is 0 Å². The number of phosphoric acid groups is 2. The molecule has 0 bridgehead atoms. The maximum Gasteiger partial charge on any atom is 0.472 e. The maximum atomic E-state index is 13.1. The fraction of sp³-hybridized carbons (Fsp3) is 0.685. The Balaban J connectivity index is 5.41. The zero-order valence-electron chi connectivity index (χ0n) is 67.7. The fourth-order valence-corrected chi connectivity index (χ4v) is 12.5. The summed E-state index contributed by atoms with van der Waals surface area (Å²) in [4.78, 5) is 73.2. The predicted octanol–water partition coefficient (Wildman–Crippen LogP) is 25.0. The largest absolute Gasteiger partial charge is 0.472 e. The molecule has 108 heavy (non-hydrogen) atoms. The van der Waals surface area contributed by atoms with Gasteiger partial charge in [0.05, 0.1) is 26.4 Å². The summed E-state index contributed by atoms with van der Waals surface area (Å²) in [7, 11) is -9.99. The second-order valence-electron chi connectivity index (χ2n) is 27.6. The second-order valence-corrected chi connectivity index (χ2v) is 30.6. The smallest absolute Gasteiger partial charge is 0.462 e. The quantitative estimate of drug-likeness (QED) is 0.0169. The summed E-state index contributed by atoms with van der Waals surface area (Å²) in [6.07, 6.45) is 92.3. The molecule has 0 fully saturated rings. The molecule has 0 heterocycles. The van der Waals surface area contributed by atoms with Gasteiger partial charge in [0.25, 0.3) is 0 Å². The van der Waals surface area contributed by atoms with E-state index in [1.165, 1.54) is 38.5 Å². The van der Waals surface area contributed by atoms with E-state index in [2.05, 4.69) is 174 Å². The van der Waals surface area contributed by atoms with Crippen LogP contribution in [0.1, 0.15) is 336 Å². The van der Waals surface area contributed by atoms with E-state index in [4.69, 9.17) is 37.0 Å². The molecular weight excluding hydrogens is 1400 g/mol. The van der Waals surface area contributed by atoms with Gasteiger partial charge in [-0.1, -0.05) is 289 Å². The van der Waals surface area contributed by atoms with Crippen molar-refractivity contribution in [2.45, 2.75) is 354 Å². The summed E-state index contributed by atoms with van der Waals surface area (Å²) in [6.45, 7) is 4.55. The number of phosphoric ester groups is 2. The second kappa shape index (κ2) is 80.0. The first-order valence-electron chi connectivity index (χ1n) is 42.1. The van der Waals surface area contributed by atoms with E-state index in [1.54, 1.807) is 0 Å². The molecule has 0 radical (unpaired) electrons. The lowest BCUT2D eigenvalue weighted by molar-refractivity contribution is -0.161. The average molecular weight is 1550 g/mol. The van der Waals surface area contributed by atoms with Crippen LogP contribution in [0, 0.1) is 0 Å². The molecule has 0 spiro atoms. The minimum Gasteiger partial charge on any atom is -0.462 e. The molecule has 0 aliphatic heterocycles. The molecule has 618 valence electrons. The highest BCUT2D eigenvalue weighted by molar-refractivity contribution is 7.47. The summed E-state index contributed by atoms with van der Waals surface area (Å²) in [6, 6.07) is 0. The van der Waals surface area contributed by atoms with E-state index in [-0.39, 0.29) is 25.7 Å². The number of unbranched alkanes of at least 4 members (excludes halogenated alkanes) is 28. The van der Waals surface area contributed by atoms with Gasteiger partial charge < -0.3 is 33.8 Å². The molecule has 0 aromatic heterocycles. The Morgan fingerprint density at radius 1 is 0.269 bits per heavy atom. The molecule has 0 aliphatic carbocycles. The topological polar surface area (TPSA) is 237 Å². The summed E-state index contributed by atoms with van der Waals surface area (Å²) in [5, 5.41) is 10.7. The van der Waals surface area contributed by atoms with Crippen LogP contribution in [0.4, 0.5) is 0 Å². The van der Waals surface area contributed by atoms with Gasteiger partial charge in [0.15, 0.2) is 12.2 Å². The van der Waals surface area contributed by atoms with Gasteiger partial charge in [-0.3, -0.25) is 37.3 Å². The molecular formula is C89H150O17P2. The van der Waals surface area contributed by atoms with Gasteiger partial charge in [-0.2, -0.15) is 0 Å². The van der Waals surface area contributed by atoms with Crippen molar-refractivity contribution in [2.75, 3.05) is 39.6 Å². The zero-order chi connectivity index (χ0) is 78.9. The number of aliphatic hydroxyl groups excluding tert-OH is 1. The molecule has 3 N–H and O–H groups in total. The molecule has 4 atom stereocenters. The van der Waals surface area contributed by atoms with Gasteiger partial charge in [0.2, 0.25) is 0 Å². The summed E-state index contributed by atoms with van der Waals surface area (Å²) >= 11 is 0. The number of esters is 4. The Morgan fingerprint density at radius 3 is 0.741 bits per heavy atom. The maximum absolute atomic E-state index is 13.1. The number of ether oxygens (including phenoxy) is 4. The van der Waals surface area contributed by atoms with Crippen LogP contribution in [0.25, 0.3) is 0 Å². The molecule has 0 amide bonds. The van der Waals surface area contributed by atoms with Crippen molar-refractivity contribution in [2.24, 2.45) is 0 Å². The van der Waals surface area contributed by atoms with Crippen molar-refractivity contribution >= 4 is 39.5 Å². The summed E-state index contributed by atoms with van der Waals surface area (Å²) < 4.78 is 68.7. The van der Waals surface area contributed by atoms with E-state index in [0.717, 1.165) is 218 Å². The van der Waals surface area contributed by atoms with E-state index >= 15 is 0 Å². The van der Waals surface area contributed by atoms with Crippen LogP contribution in [0.3, 0.4) is 0 Å². The van der Waals surface area contributed by atoms with Gasteiger partial charge >= 0.3 is 39.5 Å². The van der Waals surface area contributed by atoms with Gasteiger partial charge in [-0.15, -0.1) is 0 Å². The van der Waals surface area contributed by atoms with Crippen LogP contribution in [0.5, 0.6) is 0 Å². The Labute approximate surface area is 656 Å². The fourth-order valence-electron chi connectivity index (χ4n) is 10.9. The molecule has 0 aromatic rings. The standard InChI is InChI=1S/C89H150O17P2/c1-5-9-13-17-21-25-29-33-37-39-41-43-47-49-53-57-61-65-69-73-86(91)99-79-84(105-88(93)75-71-67-63-59-55-51-45-35-31-27-23-19-15-11-7-3)81-103-107(95,96)101-77-83(90)78-102-108(97,98)104-82-85(106-89(94)76-72-68-64-60-56-52-46-36-32-28-24-20-16-12-8-4)80-100-87(92)74-70-66-62-58-54-50-48-44-42-40-38-34-30-26-22-18-14-10-6-2/h11-12,15-16,21-28,33-38,41-46,83-85,90H,5-10,13-14,17-20,29-32,39-40,47-82H2,1-4H3,(H,95,96)(H,97,98)/b15-11-,16-12-,25-21-,26-22-,27-23-,28-24-,37-33-,38-34-,43-41-,44-42-,45-35-,46-36-. The van der Waals surface area contributed by atoms with Crippen LogP contribution >= 0.6 is 15.6 Å². The van der Waals surface area contributed by atoms with Gasteiger partial charge in [0.1, 0.15) is 19.3 Å². The van der Waals surface area contributed by atoms with E-state index < -0.39 is 97.5 Å². The minimum absolute atomic E-state index is 0.0684. The Kier molecular flexibility index (Phi) is 76.3. The van der Waals surface area contributed by atoms with Crippen LogP contribution in [-0.4, -0.2) is 96.7 Å². The number of aliphatic hydroxyl groups is 1. The lowest BCUT2D eigenvalue weighted by Crippen LogP contribution is -2.30. The third kappa shape index (κ3) is 79.0. The van der Waals surface area contributed by atoms with Crippen molar-refractivity contribution in [3.63, 3.8) is 0 Å². The van der Waals surface area contributed by atoms with E-state index in [9.17, 15) is 43.2 Å². The van der Waals surface area contributed by atoms with Gasteiger partial charge in [-0.25, -0.2) is 9.13 Å². The summed E-state index contributed by atoms with van der Waals surface area (Å²) in [5.41, 5.74) is 0. The van der Waals surface area contributed by atoms with E-state index in [1.807, 2.05) is 0 Å². The Hall–Kier alpha value is -5.06. The molecule has 0 aromatic carbocycles. The average Bonchev–Trinajstić information content (AvgIpc) is 0.907. The van der Waals surface area contributed by atoms with Gasteiger partial charge in [-0.05, 0) is 167 Å². The Bertz CT molecular complexity index is 2440. The molecule has 0 rings (SSSR count). The lowest BCUT2D eigenvalue weighted by Gasteiger charge is -2.21. The third-order valence-electron chi connectivity index (χ3n) is 17.3. The zero-order valence-corrected chi connectivity index (χ0v) is 69.5. The molecule has 0 aliphatic rings. The van der Waals surface area contributed by atoms with Gasteiger partial charge in [0, 0.05) is 25.7 Å². The SMILES string of the molecule is CC/C=C\C/C=C\C/C=C\CCCCCCCC(=O)OC(COC(=O)CCCCCCCC/C=C\C/C=C\C/C=C\CCCCC)COP(=O)(O)OCC(O)COP(=O)(O)OCC(COC(=O)CCCCCCCC/C=C\C/C=C\C/C=C\CCCCC)OC(=O)CCCCCCC/C=C\C/C=C\C/C=C\CC. The van der Waals surface area contributed by atoms with E-state index in [0.29, 0.717) is 25.7 Å². The molecule has 17 nitrogen and oxygen atoms in total. The van der Waals surface area contributed by atoms with Crippen LogP contribution in [0.15, 0.2) is 146 Å². The highest BCUT2D eigenvalue weighted by atomic mass is 31.2. The molecule has 0 saturated carbocycles. The van der Waals surface area contributed by atoms with Crippen molar-refractivity contribution in [3.05, 3.63) is 146 Å². The number of hydrogen-bond acceptors (Lipinski definition) is 15. The normalized spacial score (nSPS) is 14.5. The highest BCUT2D eigenvalue weighted by Gasteiger charge is 2.30. The van der Waals surface area contributed by atoms with Crippen LogP contribution in [-0.2, 0) is 65.4 Å². The first-order chi connectivity index (χ1) is 52.7. The number of allylic oxidation sites excluding steroid dienone is 24. The molecule has 4 unspecified atom stereocenters. The monoisotopic (exact) mass is 1550 g/mol. The molecule has 19 heteroatoms. The van der Waals surface area contributed by atoms with Crippen molar-refractivity contribution in [1.29, 1.82) is 0 Å². The number of hydrogen-bond donors (Lipinski definition) is 3. The first kappa shape index (κ1) is 103. The first-order valence-corrected chi connectivity index (χ1v) is 45.1. The predicted molar refractivity (Wildman–Crippen MR) is 445 cm³/mol. The van der Waals surface area contributed by atoms with Crippen LogP contribution in [0.2, 0.25) is 0 Å². The third-order valence-corrected chi connectivity index (χ3v) is 19.2. The number of carbonyl (C=O) groups is 4. The summed E-state index contributed by atoms with van der Waals surface area (Å²) in [5.74, 6) is -2.24. The number of carbonyl (C=O) groups excluding carboxylic acids is 4. The molecule has 0 saturated heterocycles.